The van der Waals surface area contributed by atoms with Crippen molar-refractivity contribution in [3.8, 4) is 0 Å². The smallest absolute Gasteiger partial charge is 0.269 e. The minimum absolute atomic E-state index is 0.185. The molecule has 0 fully saturated rings. The van der Waals surface area contributed by atoms with E-state index in [0.29, 0.717) is 4.31 Å². The molecular weight excluding hydrogens is 286 g/mol. The minimum Gasteiger partial charge on any atom is -0.398 e. The Balaban J connectivity index is 2.59. The maximum atomic E-state index is 13.7. The molecule has 20 heavy (non-hydrogen) atoms. The molecule has 2 rings (SSSR count). The number of benzene rings is 2. The molecule has 0 aliphatic rings. The van der Waals surface area contributed by atoms with Crippen molar-refractivity contribution in [3.05, 3.63) is 54.1 Å². The van der Waals surface area contributed by atoms with Crippen molar-refractivity contribution < 1.29 is 17.2 Å². The van der Waals surface area contributed by atoms with E-state index < -0.39 is 26.6 Å². The van der Waals surface area contributed by atoms with Gasteiger partial charge in [-0.3, -0.25) is 4.31 Å². The fraction of sp³-hybridized carbons (Fsp3) is 0.0769. The molecule has 2 aromatic rings. The van der Waals surface area contributed by atoms with E-state index in [9.17, 15) is 17.2 Å². The highest BCUT2D eigenvalue weighted by molar-refractivity contribution is 7.93. The Bertz CT molecular complexity index is 728. The zero-order valence-electron chi connectivity index (χ0n) is 10.5. The standard InChI is InChI=1S/C13H12F2N2O2S/c1-17(12-8-3-2-5-9(12)14)20(18,19)13-10(15)6-4-7-11(13)16/h2-8H,16H2,1H3. The molecule has 0 radical (unpaired) electrons. The van der Waals surface area contributed by atoms with Crippen LogP contribution in [0.3, 0.4) is 0 Å². The first-order valence-corrected chi connectivity index (χ1v) is 7.07. The van der Waals surface area contributed by atoms with Crippen LogP contribution in [-0.4, -0.2) is 15.5 Å². The highest BCUT2D eigenvalue weighted by Crippen LogP contribution is 2.29. The molecule has 0 saturated carbocycles. The summed E-state index contributed by atoms with van der Waals surface area (Å²) in [6, 6.07) is 8.86. The van der Waals surface area contributed by atoms with E-state index in [0.717, 1.165) is 19.2 Å². The minimum atomic E-state index is -4.28. The second kappa shape index (κ2) is 5.09. The zero-order valence-corrected chi connectivity index (χ0v) is 11.4. The van der Waals surface area contributed by atoms with Gasteiger partial charge in [0.1, 0.15) is 16.5 Å². The molecule has 0 atom stereocenters. The Kier molecular flexibility index (Phi) is 3.63. The zero-order chi connectivity index (χ0) is 14.9. The van der Waals surface area contributed by atoms with Gasteiger partial charge in [0.05, 0.1) is 11.4 Å². The van der Waals surface area contributed by atoms with E-state index in [2.05, 4.69) is 0 Å². The van der Waals surface area contributed by atoms with Gasteiger partial charge in [0, 0.05) is 7.05 Å². The first-order chi connectivity index (χ1) is 9.35. The number of anilines is 2. The number of nitrogens with two attached hydrogens (primary N) is 1. The van der Waals surface area contributed by atoms with E-state index in [1.807, 2.05) is 0 Å². The van der Waals surface area contributed by atoms with Gasteiger partial charge >= 0.3 is 0 Å². The molecule has 0 aliphatic carbocycles. The molecule has 4 nitrogen and oxygen atoms in total. The van der Waals surface area contributed by atoms with Crippen molar-refractivity contribution in [1.29, 1.82) is 0 Å². The number of hydrogen-bond donors (Lipinski definition) is 1. The topological polar surface area (TPSA) is 63.4 Å². The first-order valence-electron chi connectivity index (χ1n) is 5.63. The third-order valence-corrected chi connectivity index (χ3v) is 4.67. The molecule has 0 aromatic heterocycles. The molecular formula is C13H12F2N2O2S. The highest BCUT2D eigenvalue weighted by atomic mass is 32.2. The van der Waals surface area contributed by atoms with E-state index in [1.165, 1.54) is 30.3 Å². The van der Waals surface area contributed by atoms with Gasteiger partial charge in [-0.15, -0.1) is 0 Å². The van der Waals surface area contributed by atoms with Crippen molar-refractivity contribution in [3.63, 3.8) is 0 Å². The third kappa shape index (κ3) is 2.32. The van der Waals surface area contributed by atoms with Crippen molar-refractivity contribution in [2.75, 3.05) is 17.1 Å². The highest BCUT2D eigenvalue weighted by Gasteiger charge is 2.28. The number of rotatable bonds is 3. The Labute approximate surface area is 115 Å². The van der Waals surface area contributed by atoms with Crippen LogP contribution in [0.2, 0.25) is 0 Å². The molecule has 0 spiro atoms. The molecule has 0 amide bonds. The van der Waals surface area contributed by atoms with Crippen molar-refractivity contribution in [2.24, 2.45) is 0 Å². The van der Waals surface area contributed by atoms with Crippen molar-refractivity contribution in [1.82, 2.24) is 0 Å². The lowest BCUT2D eigenvalue weighted by molar-refractivity contribution is 0.565. The Morgan fingerprint density at radius 1 is 1.00 bits per heavy atom. The summed E-state index contributed by atoms with van der Waals surface area (Å²) < 4.78 is 52.8. The fourth-order valence-electron chi connectivity index (χ4n) is 1.77. The first kappa shape index (κ1) is 14.3. The van der Waals surface area contributed by atoms with Crippen LogP contribution in [0.4, 0.5) is 20.2 Å². The van der Waals surface area contributed by atoms with E-state index in [1.54, 1.807) is 0 Å². The number of sulfonamides is 1. The summed E-state index contributed by atoms with van der Waals surface area (Å²) in [5.74, 6) is -1.71. The number of para-hydroxylation sites is 1. The van der Waals surface area contributed by atoms with Gasteiger partial charge in [0.15, 0.2) is 0 Å². The number of halogens is 2. The lowest BCUT2D eigenvalue weighted by Gasteiger charge is -2.21. The maximum Gasteiger partial charge on any atom is 0.269 e. The number of nitrogen functional groups attached to an aromatic ring is 1. The normalized spacial score (nSPS) is 11.3. The maximum absolute atomic E-state index is 13.7. The third-order valence-electron chi connectivity index (χ3n) is 2.81. The van der Waals surface area contributed by atoms with Crippen molar-refractivity contribution in [2.45, 2.75) is 4.90 Å². The summed E-state index contributed by atoms with van der Waals surface area (Å²) in [7, 11) is -3.14. The van der Waals surface area contributed by atoms with E-state index in [4.69, 9.17) is 5.73 Å². The summed E-state index contributed by atoms with van der Waals surface area (Å²) in [4.78, 5) is -0.661. The summed E-state index contributed by atoms with van der Waals surface area (Å²) in [5, 5.41) is 0. The largest absolute Gasteiger partial charge is 0.398 e. The summed E-state index contributed by atoms with van der Waals surface area (Å²) in [6.45, 7) is 0. The van der Waals surface area contributed by atoms with Gasteiger partial charge in [-0.2, -0.15) is 0 Å². The van der Waals surface area contributed by atoms with Crippen LogP contribution in [0.5, 0.6) is 0 Å². The van der Waals surface area contributed by atoms with Gasteiger partial charge in [-0.1, -0.05) is 18.2 Å². The van der Waals surface area contributed by atoms with Crippen LogP contribution >= 0.6 is 0 Å². The van der Waals surface area contributed by atoms with Crippen LogP contribution < -0.4 is 10.0 Å². The number of nitrogens with zero attached hydrogens (tertiary/aromatic N) is 1. The Morgan fingerprint density at radius 2 is 1.60 bits per heavy atom. The van der Waals surface area contributed by atoms with Gasteiger partial charge in [-0.25, -0.2) is 17.2 Å². The van der Waals surface area contributed by atoms with E-state index >= 15 is 0 Å². The molecule has 0 bridgehead atoms. The second-order valence-electron chi connectivity index (χ2n) is 4.08. The van der Waals surface area contributed by atoms with Crippen molar-refractivity contribution >= 4 is 21.4 Å². The monoisotopic (exact) mass is 298 g/mol. The summed E-state index contributed by atoms with van der Waals surface area (Å²) >= 11 is 0. The van der Waals surface area contributed by atoms with Crippen LogP contribution in [0.15, 0.2) is 47.4 Å². The molecule has 7 heteroatoms. The van der Waals surface area contributed by atoms with Crippen LogP contribution in [0, 0.1) is 11.6 Å². The second-order valence-corrected chi connectivity index (χ2v) is 5.99. The molecule has 2 N–H and O–H groups in total. The SMILES string of the molecule is CN(c1ccccc1F)S(=O)(=O)c1c(N)cccc1F. The number of hydrogen-bond acceptors (Lipinski definition) is 3. The predicted octanol–water partition coefficient (Wildman–Crippen LogP) is 2.37. The van der Waals surface area contributed by atoms with Crippen LogP contribution in [0.25, 0.3) is 0 Å². The Hall–Kier alpha value is -2.15. The lowest BCUT2D eigenvalue weighted by atomic mass is 10.3. The predicted molar refractivity (Wildman–Crippen MR) is 72.8 cm³/mol. The average Bonchev–Trinajstić information content (AvgIpc) is 2.38. The molecule has 0 unspecified atom stereocenters. The molecule has 0 saturated heterocycles. The lowest BCUT2D eigenvalue weighted by Crippen LogP contribution is -2.29. The van der Waals surface area contributed by atoms with Crippen LogP contribution in [-0.2, 0) is 10.0 Å². The summed E-state index contributed by atoms with van der Waals surface area (Å²) in [5.41, 5.74) is 5.11. The molecule has 106 valence electrons. The quantitative estimate of drug-likeness (QED) is 0.885. The average molecular weight is 298 g/mol. The Morgan fingerprint density at radius 3 is 2.20 bits per heavy atom. The van der Waals surface area contributed by atoms with Gasteiger partial charge < -0.3 is 5.73 Å². The summed E-state index contributed by atoms with van der Waals surface area (Å²) in [6.07, 6.45) is 0. The molecule has 2 aromatic carbocycles. The molecule has 0 aliphatic heterocycles. The van der Waals surface area contributed by atoms with Gasteiger partial charge in [0.2, 0.25) is 0 Å². The molecule has 0 heterocycles. The fourth-order valence-corrected chi connectivity index (χ4v) is 3.13. The van der Waals surface area contributed by atoms with Gasteiger partial charge in [-0.05, 0) is 24.3 Å². The van der Waals surface area contributed by atoms with Gasteiger partial charge in [0.25, 0.3) is 10.0 Å². The van der Waals surface area contributed by atoms with Crippen LogP contribution in [0.1, 0.15) is 0 Å². The van der Waals surface area contributed by atoms with E-state index in [-0.39, 0.29) is 11.4 Å².